The molecule has 2 nitrogen and oxygen atoms in total. The first-order valence-electron chi connectivity index (χ1n) is 7.54. The highest BCUT2D eigenvalue weighted by Gasteiger charge is 2.14. The predicted molar refractivity (Wildman–Crippen MR) is 90.3 cm³/mol. The van der Waals surface area contributed by atoms with E-state index in [1.165, 1.54) is 0 Å². The van der Waals surface area contributed by atoms with Gasteiger partial charge in [0.05, 0.1) is 0 Å². The average Bonchev–Trinajstić information content (AvgIpc) is 2.35. The minimum absolute atomic E-state index is 0.223. The summed E-state index contributed by atoms with van der Waals surface area (Å²) in [5, 5.41) is 0. The first-order valence-corrected chi connectivity index (χ1v) is 7.54. The molecule has 0 atom stereocenters. The summed E-state index contributed by atoms with van der Waals surface area (Å²) in [6, 6.07) is 18.0. The Labute approximate surface area is 134 Å². The van der Waals surface area contributed by atoms with Crippen LogP contribution in [-0.2, 0) is 0 Å². The van der Waals surface area contributed by atoms with Crippen LogP contribution in [0.4, 0.5) is 0 Å². The van der Waals surface area contributed by atoms with Gasteiger partial charge in [0.25, 0.3) is 0 Å². The van der Waals surface area contributed by atoms with Gasteiger partial charge in [0.2, 0.25) is 0 Å². The maximum absolute atomic E-state index is 5.91. The van der Waals surface area contributed by atoms with Crippen molar-refractivity contribution in [2.45, 2.75) is 52.7 Å². The highest BCUT2D eigenvalue weighted by atomic mass is 16.5. The summed E-state index contributed by atoms with van der Waals surface area (Å²) >= 11 is 0. The molecule has 22 heavy (non-hydrogen) atoms. The normalized spacial score (nSPS) is 12.1. The maximum Gasteiger partial charge on any atom is 0.120 e. The van der Waals surface area contributed by atoms with Gasteiger partial charge < -0.3 is 9.47 Å². The summed E-state index contributed by atoms with van der Waals surface area (Å²) in [6.45, 7) is 12.2. The first-order chi connectivity index (χ1) is 10.1. The molecule has 0 amide bonds. The van der Waals surface area contributed by atoms with Crippen molar-refractivity contribution in [1.82, 2.24) is 0 Å². The third-order valence-electron chi connectivity index (χ3n) is 2.68. The van der Waals surface area contributed by atoms with E-state index in [1.54, 1.807) is 0 Å². The standard InChI is InChI=1S/C20H24O2/c1-19(2,3)21-17-11-7-9-15(13-17)16-10-8-12-18(14-16)22-20(4,5)6/h7-8,11-14H,1-6H3. The maximum atomic E-state index is 5.91. The van der Waals surface area contributed by atoms with E-state index in [9.17, 15) is 0 Å². The van der Waals surface area contributed by atoms with Crippen molar-refractivity contribution in [3.8, 4) is 22.6 Å². The van der Waals surface area contributed by atoms with E-state index < -0.39 is 0 Å². The fourth-order valence-electron chi connectivity index (χ4n) is 2.04. The van der Waals surface area contributed by atoms with Gasteiger partial charge in [-0.2, -0.15) is 0 Å². The van der Waals surface area contributed by atoms with Crippen LogP contribution in [0.2, 0.25) is 0 Å². The van der Waals surface area contributed by atoms with Gasteiger partial charge in [-0.1, -0.05) is 12.1 Å². The van der Waals surface area contributed by atoms with Gasteiger partial charge in [0, 0.05) is 0 Å². The van der Waals surface area contributed by atoms with Crippen LogP contribution in [0.3, 0.4) is 0 Å². The Morgan fingerprint density at radius 1 is 0.682 bits per heavy atom. The fraction of sp³-hybridized carbons (Fsp3) is 0.400. The van der Waals surface area contributed by atoms with Gasteiger partial charge in [-0.05, 0) is 89.1 Å². The molecule has 2 aromatic rings. The second kappa shape index (κ2) is 6.04. The molecule has 0 heterocycles. The van der Waals surface area contributed by atoms with E-state index in [2.05, 4.69) is 12.1 Å². The summed E-state index contributed by atoms with van der Waals surface area (Å²) in [5.74, 6) is 1.66. The summed E-state index contributed by atoms with van der Waals surface area (Å²) < 4.78 is 11.8. The molecule has 2 aromatic carbocycles. The average molecular weight is 296 g/mol. The molecule has 0 aliphatic carbocycles. The molecule has 0 N–H and O–H groups in total. The topological polar surface area (TPSA) is 18.5 Å². The Kier molecular flexibility index (Phi) is 4.50. The van der Waals surface area contributed by atoms with Gasteiger partial charge in [-0.15, -0.1) is 0 Å². The third-order valence-corrected chi connectivity index (χ3v) is 2.68. The van der Waals surface area contributed by atoms with Gasteiger partial charge in [0.1, 0.15) is 22.7 Å². The summed E-state index contributed by atoms with van der Waals surface area (Å²) in [4.78, 5) is 0. The van der Waals surface area contributed by atoms with Crippen molar-refractivity contribution in [3.05, 3.63) is 48.5 Å². The summed E-state index contributed by atoms with van der Waals surface area (Å²) in [6.07, 6.45) is 0. The molecule has 0 aromatic heterocycles. The molecular formula is C20H24O2. The summed E-state index contributed by atoms with van der Waals surface area (Å²) in [7, 11) is 0. The molecule has 0 aliphatic rings. The second-order valence-corrected chi connectivity index (χ2v) is 7.30. The predicted octanol–water partition coefficient (Wildman–Crippen LogP) is 5.31. The first kappa shape index (κ1) is 16.4. The van der Waals surface area contributed by atoms with Crippen molar-refractivity contribution in [3.63, 3.8) is 0 Å². The van der Waals surface area contributed by atoms with E-state index in [0.29, 0.717) is 0 Å². The van der Waals surface area contributed by atoms with Crippen molar-refractivity contribution in [2.75, 3.05) is 0 Å². The number of rotatable bonds is 3. The van der Waals surface area contributed by atoms with Crippen LogP contribution in [0.15, 0.2) is 36.4 Å². The lowest BCUT2D eigenvalue weighted by atomic mass is 10.0. The fourth-order valence-corrected chi connectivity index (χ4v) is 2.04. The molecule has 0 saturated carbocycles. The monoisotopic (exact) mass is 296 g/mol. The number of hydrogen-bond donors (Lipinski definition) is 0. The van der Waals surface area contributed by atoms with Crippen molar-refractivity contribution in [2.24, 2.45) is 0 Å². The molecule has 0 bridgehead atoms. The van der Waals surface area contributed by atoms with E-state index in [4.69, 9.17) is 9.47 Å². The van der Waals surface area contributed by atoms with Gasteiger partial charge in [-0.25, -0.2) is 0 Å². The zero-order chi connectivity index (χ0) is 16.4. The smallest absolute Gasteiger partial charge is 0.120 e. The Balaban J connectivity index is 2.28. The van der Waals surface area contributed by atoms with Gasteiger partial charge in [-0.3, -0.25) is 0 Å². The largest absolute Gasteiger partial charge is 0.488 e. The Morgan fingerprint density at radius 3 is 1.36 bits per heavy atom. The molecule has 116 valence electrons. The molecule has 2 radical (unpaired) electrons. The SMILES string of the molecule is CC(C)(C)Oc1cc[c]c(-c2[c]ccc(OC(C)(C)C)c2)c1. The quantitative estimate of drug-likeness (QED) is 0.764. The zero-order valence-corrected chi connectivity index (χ0v) is 14.3. The summed E-state index contributed by atoms with van der Waals surface area (Å²) in [5.41, 5.74) is 1.45. The molecular weight excluding hydrogens is 272 g/mol. The van der Waals surface area contributed by atoms with E-state index in [0.717, 1.165) is 22.6 Å². The molecule has 0 fully saturated rings. The van der Waals surface area contributed by atoms with Crippen LogP contribution in [-0.4, -0.2) is 11.2 Å². The highest BCUT2D eigenvalue weighted by molar-refractivity contribution is 5.65. The third kappa shape index (κ3) is 5.10. The van der Waals surface area contributed by atoms with Crippen LogP contribution in [0, 0.1) is 12.1 Å². The molecule has 0 aliphatic heterocycles. The van der Waals surface area contributed by atoms with E-state index in [1.807, 2.05) is 77.9 Å². The molecule has 2 heteroatoms. The minimum atomic E-state index is -0.223. The number of hydrogen-bond acceptors (Lipinski definition) is 2. The molecule has 0 saturated heterocycles. The Hall–Kier alpha value is -1.96. The van der Waals surface area contributed by atoms with Crippen LogP contribution < -0.4 is 9.47 Å². The molecule has 0 unspecified atom stereocenters. The Morgan fingerprint density at radius 2 is 1.05 bits per heavy atom. The van der Waals surface area contributed by atoms with E-state index in [-0.39, 0.29) is 11.2 Å². The minimum Gasteiger partial charge on any atom is -0.488 e. The second-order valence-electron chi connectivity index (χ2n) is 7.30. The number of ether oxygens (including phenoxy) is 2. The van der Waals surface area contributed by atoms with Crippen LogP contribution in [0.1, 0.15) is 41.5 Å². The lowest BCUT2D eigenvalue weighted by molar-refractivity contribution is 0.130. The highest BCUT2D eigenvalue weighted by Crippen LogP contribution is 2.28. The Bertz CT molecular complexity index is 573. The molecule has 2 rings (SSSR count). The van der Waals surface area contributed by atoms with Crippen molar-refractivity contribution >= 4 is 0 Å². The molecule has 0 spiro atoms. The van der Waals surface area contributed by atoms with Crippen LogP contribution >= 0.6 is 0 Å². The van der Waals surface area contributed by atoms with Crippen LogP contribution in [0.25, 0.3) is 11.1 Å². The van der Waals surface area contributed by atoms with Crippen molar-refractivity contribution in [1.29, 1.82) is 0 Å². The van der Waals surface area contributed by atoms with Crippen molar-refractivity contribution < 1.29 is 9.47 Å². The lowest BCUT2D eigenvalue weighted by Crippen LogP contribution is -2.23. The zero-order valence-electron chi connectivity index (χ0n) is 14.3. The van der Waals surface area contributed by atoms with E-state index >= 15 is 0 Å². The van der Waals surface area contributed by atoms with Gasteiger partial charge >= 0.3 is 0 Å². The van der Waals surface area contributed by atoms with Crippen LogP contribution in [0.5, 0.6) is 11.5 Å². The lowest BCUT2D eigenvalue weighted by Gasteiger charge is -2.22. The number of benzene rings is 2. The van der Waals surface area contributed by atoms with Gasteiger partial charge in [0.15, 0.2) is 0 Å².